The van der Waals surface area contributed by atoms with Crippen LogP contribution in [0, 0.1) is 5.41 Å². The quantitative estimate of drug-likeness (QED) is 0.188. The van der Waals surface area contributed by atoms with Crippen LogP contribution in [0.4, 0.5) is 0 Å². The van der Waals surface area contributed by atoms with Crippen LogP contribution < -0.4 is 16.4 Å². The molecule has 0 spiro atoms. The number of hydrogen-bond acceptors (Lipinski definition) is 6. The summed E-state index contributed by atoms with van der Waals surface area (Å²) in [6, 6.07) is 19.0. The van der Waals surface area contributed by atoms with E-state index in [2.05, 4.69) is 10.6 Å². The summed E-state index contributed by atoms with van der Waals surface area (Å²) in [4.78, 5) is 9.44. The van der Waals surface area contributed by atoms with Crippen LogP contribution in [0.15, 0.2) is 110 Å². The maximum absolute atomic E-state index is 10.1. The molecule has 7 nitrogen and oxygen atoms in total. The van der Waals surface area contributed by atoms with Crippen LogP contribution >= 0.6 is 0 Å². The Balaban J connectivity index is 0.000000499. The number of ketones is 1. The average Bonchev–Trinajstić information content (AvgIpc) is 2.81. The van der Waals surface area contributed by atoms with Crippen LogP contribution in [0.25, 0.3) is 0 Å². The molecule has 2 aromatic carbocycles. The minimum Gasteiger partial charge on any atom is -0.388 e. The zero-order valence-corrected chi connectivity index (χ0v) is 21.9. The Bertz CT molecular complexity index is 932. The molecule has 0 bridgehead atoms. The third kappa shape index (κ3) is 12.6. The summed E-state index contributed by atoms with van der Waals surface area (Å²) in [5, 5.41) is 32.3. The van der Waals surface area contributed by atoms with Crippen molar-refractivity contribution in [1.29, 1.82) is 5.41 Å². The molecule has 2 aliphatic rings. The second kappa shape index (κ2) is 16.3. The maximum atomic E-state index is 10.1. The topological polar surface area (TPSA) is 131 Å². The minimum atomic E-state index is -1.05. The Morgan fingerprint density at radius 3 is 1.26 bits per heavy atom. The van der Waals surface area contributed by atoms with Crippen LogP contribution in [0.1, 0.15) is 31.9 Å². The van der Waals surface area contributed by atoms with Gasteiger partial charge in [0.15, 0.2) is 11.4 Å². The van der Waals surface area contributed by atoms with Crippen molar-refractivity contribution in [3.8, 4) is 0 Å². The molecule has 8 heteroatoms. The number of amidine groups is 1. The van der Waals surface area contributed by atoms with Crippen molar-refractivity contribution in [2.45, 2.75) is 32.2 Å². The molecule has 0 amide bonds. The first-order valence-electron chi connectivity index (χ1n) is 10.7. The minimum absolute atomic E-state index is 0. The summed E-state index contributed by atoms with van der Waals surface area (Å²) < 4.78 is 0. The number of nitrogens with one attached hydrogen (secondary N) is 3. The molecule has 0 saturated heterocycles. The van der Waals surface area contributed by atoms with Gasteiger partial charge in [-0.05, 0) is 57.5 Å². The van der Waals surface area contributed by atoms with E-state index in [0.717, 1.165) is 11.1 Å². The fourth-order valence-electron chi connectivity index (χ4n) is 2.69. The zero-order valence-electron chi connectivity index (χ0n) is 20.1. The molecule has 4 rings (SSSR count). The second-order valence-electron chi connectivity index (χ2n) is 7.58. The van der Waals surface area contributed by atoms with Crippen molar-refractivity contribution < 1.29 is 34.5 Å². The summed E-state index contributed by atoms with van der Waals surface area (Å²) in [7, 11) is 0. The smallest absolute Gasteiger partial charge is 0.388 e. The van der Waals surface area contributed by atoms with E-state index in [9.17, 15) is 15.0 Å². The van der Waals surface area contributed by atoms with E-state index < -0.39 is 11.4 Å². The summed E-state index contributed by atoms with van der Waals surface area (Å²) in [5.74, 6) is 0.333. The van der Waals surface area contributed by atoms with Crippen molar-refractivity contribution in [1.82, 2.24) is 10.6 Å². The number of allylic oxidation sites excluding steroid dienone is 4. The van der Waals surface area contributed by atoms with Crippen LogP contribution in [0.5, 0.6) is 0 Å². The monoisotopic (exact) mass is 564 g/mol. The van der Waals surface area contributed by atoms with E-state index in [-0.39, 0.29) is 31.1 Å². The fourth-order valence-corrected chi connectivity index (χ4v) is 2.69. The summed E-state index contributed by atoms with van der Waals surface area (Å²) in [5.41, 5.74) is 4.29. The number of benzene rings is 2. The van der Waals surface area contributed by atoms with Gasteiger partial charge in [-0.1, -0.05) is 72.8 Å². The predicted octanol–water partition coefficient (Wildman–Crippen LogP) is 3.54. The number of dihydropyridines is 2. The van der Waals surface area contributed by atoms with Gasteiger partial charge in [-0.3, -0.25) is 5.41 Å². The number of rotatable bonds is 2. The summed E-state index contributed by atoms with van der Waals surface area (Å²) >= 11 is 0. The normalized spacial score (nSPS) is 20.5. The standard InChI is InChI=1S/2C11H11NO.C3H6O.C2H6N2.Ru/c2*13-11(8-4-5-9-12-11)10-6-2-1-3-7-10;1-3(2)4;1-2(3)4;/h2*1-9,12-13H;1-2H3;1H3,(H3,3,4);/q;;;;+3. The van der Waals surface area contributed by atoms with E-state index in [0.29, 0.717) is 0 Å². The number of carbonyl (C=O) groups excluding carboxylic acids is 1. The third-order valence-electron chi connectivity index (χ3n) is 4.12. The molecule has 0 fully saturated rings. The van der Waals surface area contributed by atoms with Crippen molar-refractivity contribution in [3.05, 3.63) is 121 Å². The predicted molar refractivity (Wildman–Crippen MR) is 137 cm³/mol. The van der Waals surface area contributed by atoms with Crippen molar-refractivity contribution in [3.63, 3.8) is 0 Å². The number of hydrogen-bond donors (Lipinski definition) is 6. The number of nitrogens with two attached hydrogens (primary N) is 1. The second-order valence-corrected chi connectivity index (χ2v) is 7.58. The van der Waals surface area contributed by atoms with Crippen molar-refractivity contribution >= 4 is 11.6 Å². The molecule has 2 aromatic rings. The number of aliphatic hydroxyl groups is 2. The van der Waals surface area contributed by atoms with Gasteiger partial charge >= 0.3 is 19.5 Å². The Morgan fingerprint density at radius 1 is 0.743 bits per heavy atom. The van der Waals surface area contributed by atoms with Crippen LogP contribution in [-0.2, 0) is 35.7 Å². The van der Waals surface area contributed by atoms with Crippen LogP contribution in [0.3, 0.4) is 0 Å². The van der Waals surface area contributed by atoms with Gasteiger partial charge in [0.2, 0.25) is 0 Å². The van der Waals surface area contributed by atoms with Gasteiger partial charge in [-0.25, -0.2) is 0 Å². The molecule has 35 heavy (non-hydrogen) atoms. The Labute approximate surface area is 220 Å². The van der Waals surface area contributed by atoms with Crippen molar-refractivity contribution in [2.24, 2.45) is 5.73 Å². The number of Topliss-reactive ketones (excluding diaryl/α,β-unsaturated/α-hetero) is 1. The van der Waals surface area contributed by atoms with Crippen LogP contribution in [-0.4, -0.2) is 21.8 Å². The first kappa shape index (κ1) is 31.7. The molecule has 2 heterocycles. The molecular formula is C27H34N4O3Ru+3. The Kier molecular flexibility index (Phi) is 14.8. The van der Waals surface area contributed by atoms with E-state index >= 15 is 0 Å². The van der Waals surface area contributed by atoms with Gasteiger partial charge in [-0.2, -0.15) is 0 Å². The molecule has 0 saturated carbocycles. The zero-order chi connectivity index (χ0) is 25.5. The molecule has 1 radical (unpaired) electrons. The van der Waals surface area contributed by atoms with Gasteiger partial charge in [0, 0.05) is 11.1 Å². The van der Waals surface area contributed by atoms with E-state index in [1.54, 1.807) is 24.6 Å². The fraction of sp³-hybridized carbons (Fsp3) is 0.185. The van der Waals surface area contributed by atoms with E-state index in [4.69, 9.17) is 11.1 Å². The van der Waals surface area contributed by atoms with Gasteiger partial charge < -0.3 is 31.4 Å². The van der Waals surface area contributed by atoms with Gasteiger partial charge in [0.05, 0.1) is 5.84 Å². The molecule has 2 atom stereocenters. The molecule has 0 aliphatic carbocycles. The SMILES string of the molecule is CC(=N)N.CC(C)=O.OC1(c2ccccc2)C=CC=CN1.OC1(c2ccccc2)C=CC=CN1.[Ru+3]. The third-order valence-corrected chi connectivity index (χ3v) is 4.12. The molecule has 2 aliphatic heterocycles. The first-order valence-corrected chi connectivity index (χ1v) is 10.7. The van der Waals surface area contributed by atoms with Gasteiger partial charge in [-0.15, -0.1) is 0 Å². The molecule has 7 N–H and O–H groups in total. The first-order chi connectivity index (χ1) is 16.1. The average molecular weight is 564 g/mol. The van der Waals surface area contributed by atoms with Crippen LogP contribution in [0.2, 0.25) is 0 Å². The van der Waals surface area contributed by atoms with Gasteiger partial charge in [0.1, 0.15) is 5.78 Å². The van der Waals surface area contributed by atoms with Crippen molar-refractivity contribution in [2.75, 3.05) is 0 Å². The summed E-state index contributed by atoms with van der Waals surface area (Å²) in [6.45, 7) is 4.58. The number of carbonyl (C=O) groups is 1. The molecule has 185 valence electrons. The maximum Gasteiger partial charge on any atom is 3.00 e. The summed E-state index contributed by atoms with van der Waals surface area (Å²) in [6.07, 6.45) is 14.2. The Morgan fingerprint density at radius 2 is 1.03 bits per heavy atom. The molecule has 2 unspecified atom stereocenters. The largest absolute Gasteiger partial charge is 3.00 e. The van der Waals surface area contributed by atoms with Gasteiger partial charge in [0.25, 0.3) is 0 Å². The van der Waals surface area contributed by atoms with E-state index in [1.807, 2.05) is 85.0 Å². The molecular weight excluding hydrogens is 529 g/mol. The van der Waals surface area contributed by atoms with E-state index in [1.165, 1.54) is 20.8 Å². The molecule has 0 aromatic heterocycles. The Hall–Kier alpha value is -3.32.